The Hall–Kier alpha value is -2.55. The molecule has 1 aliphatic rings. The summed E-state index contributed by atoms with van der Waals surface area (Å²) in [6, 6.07) is 6.21. The first kappa shape index (κ1) is 18.2. The van der Waals surface area contributed by atoms with Crippen LogP contribution in [-0.2, 0) is 13.0 Å². The predicted octanol–water partition coefficient (Wildman–Crippen LogP) is 2.65. The molecule has 0 spiro atoms. The van der Waals surface area contributed by atoms with Crippen molar-refractivity contribution >= 4 is 11.6 Å². The number of nitrogens with one attached hydrogen (secondary N) is 1. The van der Waals surface area contributed by atoms with E-state index in [1.165, 1.54) is 12.1 Å². The molecule has 3 rings (SSSR count). The number of benzene rings is 1. The van der Waals surface area contributed by atoms with Gasteiger partial charge in [-0.25, -0.2) is 9.97 Å². The monoisotopic (exact) mass is 368 g/mol. The highest BCUT2D eigenvalue weighted by molar-refractivity contribution is 5.52. The van der Waals surface area contributed by atoms with Crippen molar-refractivity contribution in [2.24, 2.45) is 0 Å². The summed E-state index contributed by atoms with van der Waals surface area (Å²) < 4.78 is 41.3. The van der Waals surface area contributed by atoms with E-state index in [0.717, 1.165) is 11.1 Å². The van der Waals surface area contributed by atoms with Gasteiger partial charge in [0.2, 0.25) is 0 Å². The number of hydrogen-bond acceptors (Lipinski definition) is 6. The van der Waals surface area contributed by atoms with Crippen molar-refractivity contribution in [1.82, 2.24) is 9.97 Å². The molecule has 0 bridgehead atoms. The molecule has 1 aromatic heterocycles. The van der Waals surface area contributed by atoms with Crippen LogP contribution in [-0.4, -0.2) is 41.1 Å². The van der Waals surface area contributed by atoms with Crippen LogP contribution in [0.5, 0.6) is 5.75 Å². The number of aliphatic hydroxyl groups is 1. The third-order valence-electron chi connectivity index (χ3n) is 3.99. The molecular formula is C17H19F3N4O2. The van der Waals surface area contributed by atoms with Crippen molar-refractivity contribution in [2.75, 3.05) is 29.9 Å². The highest BCUT2D eigenvalue weighted by atomic mass is 19.4. The number of anilines is 2. The molecule has 2 aromatic rings. The lowest BCUT2D eigenvalue weighted by molar-refractivity contribution is -0.274. The molecule has 9 heteroatoms. The smallest absolute Gasteiger partial charge is 0.406 e. The van der Waals surface area contributed by atoms with E-state index in [1.807, 2.05) is 4.90 Å². The van der Waals surface area contributed by atoms with Crippen molar-refractivity contribution in [3.8, 4) is 5.75 Å². The molecule has 1 aromatic carbocycles. The molecule has 0 saturated carbocycles. The third-order valence-corrected chi connectivity index (χ3v) is 3.99. The van der Waals surface area contributed by atoms with Gasteiger partial charge in [0.1, 0.15) is 23.2 Å². The molecule has 26 heavy (non-hydrogen) atoms. The lowest BCUT2D eigenvalue weighted by Crippen LogP contribution is -2.31. The Bertz CT molecular complexity index is 783. The van der Waals surface area contributed by atoms with E-state index in [4.69, 9.17) is 5.11 Å². The maximum atomic E-state index is 12.4. The minimum absolute atomic E-state index is 0.0164. The fourth-order valence-corrected chi connectivity index (χ4v) is 2.91. The average molecular weight is 368 g/mol. The van der Waals surface area contributed by atoms with Gasteiger partial charge in [0, 0.05) is 25.7 Å². The van der Waals surface area contributed by atoms with Crippen LogP contribution in [0.2, 0.25) is 0 Å². The zero-order valence-corrected chi connectivity index (χ0v) is 14.2. The maximum absolute atomic E-state index is 12.4. The summed E-state index contributed by atoms with van der Waals surface area (Å²) in [4.78, 5) is 10.7. The Labute approximate surface area is 148 Å². The Morgan fingerprint density at radius 2 is 2.04 bits per heavy atom. The fraction of sp³-hybridized carbons (Fsp3) is 0.412. The van der Waals surface area contributed by atoms with Gasteiger partial charge in [-0.15, -0.1) is 13.2 Å². The molecule has 0 saturated heterocycles. The van der Waals surface area contributed by atoms with Crippen molar-refractivity contribution < 1.29 is 23.0 Å². The lowest BCUT2D eigenvalue weighted by Gasteiger charge is -2.30. The molecule has 1 aliphatic heterocycles. The number of halogens is 3. The summed E-state index contributed by atoms with van der Waals surface area (Å²) in [5.41, 5.74) is 1.78. The molecule has 2 N–H and O–H groups in total. The van der Waals surface area contributed by atoms with Crippen LogP contribution in [0.1, 0.15) is 17.0 Å². The summed E-state index contributed by atoms with van der Waals surface area (Å²) in [6.45, 7) is 3.25. The van der Waals surface area contributed by atoms with Crippen LogP contribution in [0.25, 0.3) is 0 Å². The quantitative estimate of drug-likeness (QED) is 0.846. The topological polar surface area (TPSA) is 70.5 Å². The molecule has 140 valence electrons. The van der Waals surface area contributed by atoms with E-state index in [-0.39, 0.29) is 12.4 Å². The summed E-state index contributed by atoms with van der Waals surface area (Å²) in [7, 11) is 0. The molecule has 0 aliphatic carbocycles. The average Bonchev–Trinajstić information content (AvgIpc) is 2.57. The Morgan fingerprint density at radius 3 is 2.77 bits per heavy atom. The zero-order valence-electron chi connectivity index (χ0n) is 14.2. The first-order valence-electron chi connectivity index (χ1n) is 8.17. The van der Waals surface area contributed by atoms with Crippen LogP contribution < -0.4 is 15.0 Å². The van der Waals surface area contributed by atoms with E-state index in [0.29, 0.717) is 43.5 Å². The van der Waals surface area contributed by atoms with Gasteiger partial charge in [0.15, 0.2) is 0 Å². The number of rotatable bonds is 5. The fourth-order valence-electron chi connectivity index (χ4n) is 2.91. The van der Waals surface area contributed by atoms with Gasteiger partial charge in [-0.1, -0.05) is 6.07 Å². The van der Waals surface area contributed by atoms with Crippen LogP contribution in [0.4, 0.5) is 24.8 Å². The molecule has 0 amide bonds. The lowest BCUT2D eigenvalue weighted by atomic mass is 9.99. The number of aryl methyl sites for hydroxylation is 1. The van der Waals surface area contributed by atoms with Gasteiger partial charge in [0.05, 0.1) is 6.61 Å². The maximum Gasteiger partial charge on any atom is 0.573 e. The normalized spacial score (nSPS) is 14.1. The van der Waals surface area contributed by atoms with Crippen LogP contribution in [0.3, 0.4) is 0 Å². The number of aromatic nitrogens is 2. The van der Waals surface area contributed by atoms with Crippen molar-refractivity contribution in [2.45, 2.75) is 26.3 Å². The Morgan fingerprint density at radius 1 is 1.23 bits per heavy atom. The zero-order chi connectivity index (χ0) is 18.7. The van der Waals surface area contributed by atoms with Gasteiger partial charge in [-0.05, 0) is 36.6 Å². The van der Waals surface area contributed by atoms with Gasteiger partial charge < -0.3 is 20.1 Å². The van der Waals surface area contributed by atoms with E-state index < -0.39 is 6.36 Å². The Balaban J connectivity index is 1.81. The minimum atomic E-state index is -4.71. The van der Waals surface area contributed by atoms with Gasteiger partial charge in [0.25, 0.3) is 0 Å². The third kappa shape index (κ3) is 4.54. The van der Waals surface area contributed by atoms with E-state index in [9.17, 15) is 13.2 Å². The standard InChI is InChI=1S/C17H19F3N4O2/c1-11-22-15(21-5-7-25)9-16(23-11)24-6-4-12-2-3-14(8-13(12)10-24)26-17(18,19)20/h2-3,8-9,25H,4-7,10H2,1H3,(H,21,22,23). The molecule has 0 fully saturated rings. The number of nitrogens with zero attached hydrogens (tertiary/aromatic N) is 3. The van der Waals surface area contributed by atoms with Crippen LogP contribution >= 0.6 is 0 Å². The molecule has 0 unspecified atom stereocenters. The van der Waals surface area contributed by atoms with Gasteiger partial charge >= 0.3 is 6.36 Å². The van der Waals surface area contributed by atoms with Gasteiger partial charge in [-0.3, -0.25) is 0 Å². The molecule has 0 atom stereocenters. The highest BCUT2D eigenvalue weighted by Crippen LogP contribution is 2.30. The van der Waals surface area contributed by atoms with Crippen molar-refractivity contribution in [3.05, 3.63) is 41.2 Å². The second-order valence-corrected chi connectivity index (χ2v) is 5.96. The van der Waals surface area contributed by atoms with Crippen molar-refractivity contribution in [1.29, 1.82) is 0 Å². The number of ether oxygens (including phenoxy) is 1. The summed E-state index contributed by atoms with van der Waals surface area (Å²) in [5.74, 6) is 1.64. The summed E-state index contributed by atoms with van der Waals surface area (Å²) in [6.07, 6.45) is -4.01. The predicted molar refractivity (Wildman–Crippen MR) is 90.2 cm³/mol. The molecule has 6 nitrogen and oxygen atoms in total. The second-order valence-electron chi connectivity index (χ2n) is 5.96. The molecule has 0 radical (unpaired) electrons. The number of alkyl halides is 3. The second kappa shape index (κ2) is 7.36. The summed E-state index contributed by atoms with van der Waals surface area (Å²) >= 11 is 0. The molecule has 2 heterocycles. The Kier molecular flexibility index (Phi) is 5.17. The largest absolute Gasteiger partial charge is 0.573 e. The SMILES string of the molecule is Cc1nc(NCCO)cc(N2CCc3ccc(OC(F)(F)F)cc3C2)n1. The minimum Gasteiger partial charge on any atom is -0.406 e. The van der Waals surface area contributed by atoms with Crippen molar-refractivity contribution in [3.63, 3.8) is 0 Å². The van der Waals surface area contributed by atoms with E-state index in [2.05, 4.69) is 20.0 Å². The number of fused-ring (bicyclic) bond motifs is 1. The number of aliphatic hydroxyl groups excluding tert-OH is 1. The summed E-state index contributed by atoms with van der Waals surface area (Å²) in [5, 5.41) is 11.9. The van der Waals surface area contributed by atoms with Gasteiger partial charge in [-0.2, -0.15) is 0 Å². The first-order valence-corrected chi connectivity index (χ1v) is 8.17. The van der Waals surface area contributed by atoms with E-state index in [1.54, 1.807) is 19.1 Å². The highest BCUT2D eigenvalue weighted by Gasteiger charge is 2.31. The molecular weight excluding hydrogens is 349 g/mol. The van der Waals surface area contributed by atoms with Crippen LogP contribution in [0, 0.1) is 6.92 Å². The van der Waals surface area contributed by atoms with Crippen LogP contribution in [0.15, 0.2) is 24.3 Å². The van der Waals surface area contributed by atoms with E-state index >= 15 is 0 Å². The first-order chi connectivity index (χ1) is 12.3. The number of hydrogen-bond donors (Lipinski definition) is 2.